The molecule has 0 aliphatic carbocycles. The minimum Gasteiger partial charge on any atom is -0.451 e. The molecular weight excluding hydrogens is 388 g/mol. The fourth-order valence-corrected chi connectivity index (χ4v) is 4.87. The zero-order valence-corrected chi connectivity index (χ0v) is 17.3. The molecule has 0 N–H and O–H groups in total. The van der Waals surface area contributed by atoms with Crippen molar-refractivity contribution in [2.24, 2.45) is 0 Å². The maximum Gasteiger partial charge on any atom is 0.348 e. The molecule has 0 unspecified atom stereocenters. The average Bonchev–Trinajstić information content (AvgIpc) is 3.25. The molecule has 2 aromatic rings. The smallest absolute Gasteiger partial charge is 0.348 e. The minimum absolute atomic E-state index is 0.105. The molecule has 0 saturated carbocycles. The van der Waals surface area contributed by atoms with Gasteiger partial charge in [0.1, 0.15) is 4.88 Å². The first-order valence-corrected chi connectivity index (χ1v) is 11.0. The fraction of sp³-hybridized carbons (Fsp3) is 0.455. The first kappa shape index (κ1) is 19.9. The monoisotopic (exact) mass is 414 g/mol. The SMILES string of the molecule is O=C(OCC(=O)N1CCCCC1)c1cc(-c2ccccc2)c(N2CCOCC2)s1. The van der Waals surface area contributed by atoms with E-state index in [1.165, 1.54) is 11.3 Å². The summed E-state index contributed by atoms with van der Waals surface area (Å²) < 4.78 is 10.8. The van der Waals surface area contributed by atoms with E-state index in [1.807, 2.05) is 36.4 Å². The predicted octanol–water partition coefficient (Wildman–Crippen LogP) is 3.42. The van der Waals surface area contributed by atoms with Crippen LogP contribution in [0, 0.1) is 0 Å². The summed E-state index contributed by atoms with van der Waals surface area (Å²) in [5.41, 5.74) is 2.08. The number of esters is 1. The van der Waals surface area contributed by atoms with Gasteiger partial charge in [-0.15, -0.1) is 11.3 Å². The Morgan fingerprint density at radius 2 is 1.72 bits per heavy atom. The van der Waals surface area contributed by atoms with E-state index in [0.717, 1.165) is 61.6 Å². The van der Waals surface area contributed by atoms with Gasteiger partial charge in [-0.25, -0.2) is 4.79 Å². The number of carbonyl (C=O) groups is 2. The maximum absolute atomic E-state index is 12.7. The highest BCUT2D eigenvalue weighted by Crippen LogP contribution is 2.39. The van der Waals surface area contributed by atoms with Crippen molar-refractivity contribution in [3.63, 3.8) is 0 Å². The number of thiophene rings is 1. The van der Waals surface area contributed by atoms with Crippen LogP contribution in [0.2, 0.25) is 0 Å². The van der Waals surface area contributed by atoms with E-state index in [4.69, 9.17) is 9.47 Å². The van der Waals surface area contributed by atoms with Crippen LogP contribution in [-0.2, 0) is 14.3 Å². The number of amides is 1. The first-order valence-electron chi connectivity index (χ1n) is 10.2. The van der Waals surface area contributed by atoms with Crippen LogP contribution in [0.25, 0.3) is 11.1 Å². The van der Waals surface area contributed by atoms with E-state index in [-0.39, 0.29) is 12.5 Å². The summed E-state index contributed by atoms with van der Waals surface area (Å²) in [4.78, 5) is 29.6. The van der Waals surface area contributed by atoms with Crippen LogP contribution in [0.15, 0.2) is 36.4 Å². The van der Waals surface area contributed by atoms with Gasteiger partial charge in [0.2, 0.25) is 0 Å². The van der Waals surface area contributed by atoms with Crippen molar-refractivity contribution in [2.75, 3.05) is 50.9 Å². The zero-order chi connectivity index (χ0) is 20.1. The molecule has 2 aliphatic rings. The molecule has 1 aromatic carbocycles. The number of carbonyl (C=O) groups excluding carboxylic acids is 2. The number of rotatable bonds is 5. The van der Waals surface area contributed by atoms with Crippen LogP contribution in [0.3, 0.4) is 0 Å². The quantitative estimate of drug-likeness (QED) is 0.702. The van der Waals surface area contributed by atoms with Gasteiger partial charge in [-0.3, -0.25) is 4.79 Å². The second kappa shape index (κ2) is 9.41. The van der Waals surface area contributed by atoms with E-state index in [1.54, 1.807) is 4.90 Å². The number of benzene rings is 1. The van der Waals surface area contributed by atoms with Gasteiger partial charge in [0.05, 0.1) is 18.2 Å². The van der Waals surface area contributed by atoms with Crippen molar-refractivity contribution >= 4 is 28.2 Å². The molecule has 7 heteroatoms. The van der Waals surface area contributed by atoms with Gasteiger partial charge in [0, 0.05) is 31.7 Å². The predicted molar refractivity (Wildman–Crippen MR) is 114 cm³/mol. The van der Waals surface area contributed by atoms with E-state index in [0.29, 0.717) is 18.1 Å². The molecule has 0 bridgehead atoms. The van der Waals surface area contributed by atoms with Gasteiger partial charge < -0.3 is 19.3 Å². The Morgan fingerprint density at radius 3 is 2.45 bits per heavy atom. The fourth-order valence-electron chi connectivity index (χ4n) is 3.74. The van der Waals surface area contributed by atoms with Crippen LogP contribution >= 0.6 is 11.3 Å². The van der Waals surface area contributed by atoms with Crippen molar-refractivity contribution in [1.82, 2.24) is 4.90 Å². The van der Waals surface area contributed by atoms with Crippen molar-refractivity contribution in [2.45, 2.75) is 19.3 Å². The van der Waals surface area contributed by atoms with Crippen LogP contribution in [0.5, 0.6) is 0 Å². The molecule has 154 valence electrons. The van der Waals surface area contributed by atoms with Crippen molar-refractivity contribution in [3.05, 3.63) is 41.3 Å². The Balaban J connectivity index is 1.50. The number of hydrogen-bond donors (Lipinski definition) is 0. The van der Waals surface area contributed by atoms with Crippen LogP contribution < -0.4 is 4.90 Å². The summed E-state index contributed by atoms with van der Waals surface area (Å²) in [6, 6.07) is 11.9. The number of piperidine rings is 1. The molecular formula is C22H26N2O4S. The topological polar surface area (TPSA) is 59.1 Å². The molecule has 6 nitrogen and oxygen atoms in total. The molecule has 29 heavy (non-hydrogen) atoms. The van der Waals surface area contributed by atoms with Crippen LogP contribution in [0.4, 0.5) is 5.00 Å². The second-order valence-electron chi connectivity index (χ2n) is 7.31. The molecule has 0 spiro atoms. The summed E-state index contributed by atoms with van der Waals surface area (Å²) in [7, 11) is 0. The highest BCUT2D eigenvalue weighted by atomic mass is 32.1. The molecule has 0 atom stereocenters. The summed E-state index contributed by atoms with van der Waals surface area (Å²) in [5.74, 6) is -0.539. The molecule has 4 rings (SSSR count). The number of nitrogens with zero attached hydrogens (tertiary/aromatic N) is 2. The Bertz CT molecular complexity index is 840. The van der Waals surface area contributed by atoms with Gasteiger partial charge in [0.25, 0.3) is 5.91 Å². The third-order valence-electron chi connectivity index (χ3n) is 5.33. The first-order chi connectivity index (χ1) is 14.2. The van der Waals surface area contributed by atoms with Crippen molar-refractivity contribution in [3.8, 4) is 11.1 Å². The lowest BCUT2D eigenvalue weighted by Crippen LogP contribution is -2.38. The summed E-state index contributed by atoms with van der Waals surface area (Å²) >= 11 is 1.43. The van der Waals surface area contributed by atoms with E-state index in [2.05, 4.69) is 4.90 Å². The molecule has 2 fully saturated rings. The van der Waals surface area contributed by atoms with Crippen LogP contribution in [0.1, 0.15) is 28.9 Å². The number of hydrogen-bond acceptors (Lipinski definition) is 6. The second-order valence-corrected chi connectivity index (χ2v) is 8.34. The Labute approximate surface area is 175 Å². The standard InChI is InChI=1S/C22H26N2O4S/c25-20(23-9-5-2-6-10-23)16-28-22(26)19-15-18(17-7-3-1-4-8-17)21(29-19)24-11-13-27-14-12-24/h1,3-4,7-8,15H,2,5-6,9-14,16H2. The van der Waals surface area contributed by atoms with Crippen molar-refractivity contribution < 1.29 is 19.1 Å². The summed E-state index contributed by atoms with van der Waals surface area (Å²) in [6.45, 7) is 4.27. The molecule has 1 aromatic heterocycles. The zero-order valence-electron chi connectivity index (χ0n) is 16.5. The average molecular weight is 415 g/mol. The number of likely N-dealkylation sites (tertiary alicyclic amines) is 1. The van der Waals surface area contributed by atoms with E-state index < -0.39 is 5.97 Å². The molecule has 0 radical (unpaired) electrons. The van der Waals surface area contributed by atoms with Gasteiger partial charge in [-0.05, 0) is 30.9 Å². The normalized spacial score (nSPS) is 17.2. The minimum atomic E-state index is -0.433. The van der Waals surface area contributed by atoms with Gasteiger partial charge in [0.15, 0.2) is 6.61 Å². The van der Waals surface area contributed by atoms with Gasteiger partial charge in [-0.2, -0.15) is 0 Å². The third kappa shape index (κ3) is 4.79. The Hall–Kier alpha value is -2.38. The molecule has 1 amide bonds. The summed E-state index contributed by atoms with van der Waals surface area (Å²) in [5, 5.41) is 1.05. The highest BCUT2D eigenvalue weighted by molar-refractivity contribution is 7.18. The van der Waals surface area contributed by atoms with Crippen LogP contribution in [-0.4, -0.2) is 62.8 Å². The number of ether oxygens (including phenoxy) is 2. The maximum atomic E-state index is 12.7. The molecule has 2 saturated heterocycles. The largest absolute Gasteiger partial charge is 0.451 e. The summed E-state index contributed by atoms with van der Waals surface area (Å²) in [6.07, 6.45) is 3.20. The Kier molecular flexibility index (Phi) is 6.46. The lowest BCUT2D eigenvalue weighted by Gasteiger charge is -2.28. The highest BCUT2D eigenvalue weighted by Gasteiger charge is 2.24. The third-order valence-corrected chi connectivity index (χ3v) is 6.51. The van der Waals surface area contributed by atoms with E-state index in [9.17, 15) is 9.59 Å². The Morgan fingerprint density at radius 1 is 1.00 bits per heavy atom. The van der Waals surface area contributed by atoms with E-state index >= 15 is 0 Å². The lowest BCUT2D eigenvalue weighted by molar-refractivity contribution is -0.135. The van der Waals surface area contributed by atoms with Gasteiger partial charge >= 0.3 is 5.97 Å². The lowest BCUT2D eigenvalue weighted by atomic mass is 10.1. The molecule has 2 aliphatic heterocycles. The number of anilines is 1. The van der Waals surface area contributed by atoms with Gasteiger partial charge in [-0.1, -0.05) is 30.3 Å². The van der Waals surface area contributed by atoms with Crippen molar-refractivity contribution in [1.29, 1.82) is 0 Å². The number of morpholine rings is 1. The molecule has 3 heterocycles.